The zero-order valence-corrected chi connectivity index (χ0v) is 8.77. The molecule has 0 aliphatic heterocycles. The van der Waals surface area contributed by atoms with Crippen molar-refractivity contribution in [3.63, 3.8) is 0 Å². The van der Waals surface area contributed by atoms with Crippen molar-refractivity contribution < 1.29 is 14.7 Å². The minimum Gasteiger partial charge on any atom is -0.480 e. The van der Waals surface area contributed by atoms with E-state index in [1.807, 2.05) is 18.2 Å². The summed E-state index contributed by atoms with van der Waals surface area (Å²) in [4.78, 5) is 21.8. The van der Waals surface area contributed by atoms with Gasteiger partial charge in [0.1, 0.15) is 11.8 Å². The van der Waals surface area contributed by atoms with Gasteiger partial charge in [0.15, 0.2) is 0 Å². The van der Waals surface area contributed by atoms with Crippen molar-refractivity contribution in [3.05, 3.63) is 34.9 Å². The van der Waals surface area contributed by atoms with Gasteiger partial charge in [0, 0.05) is 12.8 Å². The molecule has 84 valence electrons. The maximum Gasteiger partial charge on any atom is 0.320 e. The van der Waals surface area contributed by atoms with Gasteiger partial charge in [-0.25, -0.2) is 0 Å². The minimum absolute atomic E-state index is 0.217. The van der Waals surface area contributed by atoms with Crippen molar-refractivity contribution in [3.8, 4) is 0 Å². The van der Waals surface area contributed by atoms with E-state index >= 15 is 0 Å². The number of benzene rings is 1. The molecule has 0 fully saturated rings. The Kier molecular flexibility index (Phi) is 2.75. The number of aliphatic carboxylic acids is 1. The van der Waals surface area contributed by atoms with Crippen molar-refractivity contribution in [2.24, 2.45) is 5.73 Å². The van der Waals surface area contributed by atoms with Crippen LogP contribution in [0.1, 0.15) is 16.7 Å². The molecule has 0 amide bonds. The van der Waals surface area contributed by atoms with Crippen LogP contribution in [-0.4, -0.2) is 22.9 Å². The molecule has 0 saturated carbocycles. The molecule has 16 heavy (non-hydrogen) atoms. The molecule has 3 N–H and O–H groups in total. The summed E-state index contributed by atoms with van der Waals surface area (Å²) in [6.45, 7) is 0. The van der Waals surface area contributed by atoms with Crippen LogP contribution in [0.25, 0.3) is 0 Å². The molecule has 4 heteroatoms. The summed E-state index contributed by atoms with van der Waals surface area (Å²) in [5, 5.41) is 8.70. The van der Waals surface area contributed by atoms with Crippen LogP contribution in [0.2, 0.25) is 0 Å². The van der Waals surface area contributed by atoms with Crippen LogP contribution in [0, 0.1) is 0 Å². The monoisotopic (exact) mass is 219 g/mol. The maximum absolute atomic E-state index is 11.2. The van der Waals surface area contributed by atoms with Crippen molar-refractivity contribution in [1.29, 1.82) is 0 Å². The van der Waals surface area contributed by atoms with Crippen LogP contribution in [0.4, 0.5) is 0 Å². The van der Waals surface area contributed by atoms with Crippen molar-refractivity contribution in [1.82, 2.24) is 0 Å². The summed E-state index contributed by atoms with van der Waals surface area (Å²) in [5.41, 5.74) is 8.40. The fraction of sp³-hybridized carbons (Fsp3) is 0.333. The Bertz CT molecular complexity index is 454. The van der Waals surface area contributed by atoms with E-state index in [2.05, 4.69) is 0 Å². The Balaban J connectivity index is 2.16. The Morgan fingerprint density at radius 3 is 2.75 bits per heavy atom. The van der Waals surface area contributed by atoms with Crippen LogP contribution in [0.15, 0.2) is 18.2 Å². The SMILES string of the molecule is NC(Cc1ccc2c(c1)CC(=O)C2)C(=O)O. The van der Waals surface area contributed by atoms with Crippen LogP contribution in [-0.2, 0) is 28.9 Å². The van der Waals surface area contributed by atoms with E-state index in [1.54, 1.807) is 0 Å². The number of Topliss-reactive ketones (excluding diaryl/α,β-unsaturated/α-hetero) is 1. The summed E-state index contributed by atoms with van der Waals surface area (Å²) < 4.78 is 0. The number of rotatable bonds is 3. The summed E-state index contributed by atoms with van der Waals surface area (Å²) in [7, 11) is 0. The third-order valence-corrected chi connectivity index (χ3v) is 2.82. The highest BCUT2D eigenvalue weighted by Gasteiger charge is 2.19. The molecule has 0 spiro atoms. The highest BCUT2D eigenvalue weighted by molar-refractivity contribution is 5.88. The van der Waals surface area contributed by atoms with E-state index < -0.39 is 12.0 Å². The largest absolute Gasteiger partial charge is 0.480 e. The zero-order chi connectivity index (χ0) is 11.7. The number of carbonyl (C=O) groups excluding carboxylic acids is 1. The van der Waals surface area contributed by atoms with Gasteiger partial charge >= 0.3 is 5.97 Å². The molecule has 1 atom stereocenters. The molecule has 4 nitrogen and oxygen atoms in total. The predicted octanol–water partition coefficient (Wildman–Crippen LogP) is 0.309. The Hall–Kier alpha value is -1.68. The molecule has 1 aliphatic carbocycles. The molecule has 0 heterocycles. The highest BCUT2D eigenvalue weighted by Crippen LogP contribution is 2.21. The fourth-order valence-electron chi connectivity index (χ4n) is 1.97. The molecule has 0 bridgehead atoms. The highest BCUT2D eigenvalue weighted by atomic mass is 16.4. The molecule has 1 aromatic carbocycles. The quantitative estimate of drug-likeness (QED) is 0.766. The summed E-state index contributed by atoms with van der Waals surface area (Å²) in [5.74, 6) is -0.786. The molecule has 0 saturated heterocycles. The Morgan fingerprint density at radius 2 is 2.06 bits per heavy atom. The molecule has 1 unspecified atom stereocenters. The number of ketones is 1. The number of fused-ring (bicyclic) bond motifs is 1. The van der Waals surface area contributed by atoms with Crippen LogP contribution in [0.5, 0.6) is 0 Å². The normalized spacial score (nSPS) is 15.9. The van der Waals surface area contributed by atoms with E-state index in [-0.39, 0.29) is 5.78 Å². The van der Waals surface area contributed by atoms with Gasteiger partial charge in [-0.15, -0.1) is 0 Å². The number of carbonyl (C=O) groups is 2. The molecule has 0 radical (unpaired) electrons. The Morgan fingerprint density at radius 1 is 1.38 bits per heavy atom. The second-order valence-electron chi connectivity index (χ2n) is 4.14. The smallest absolute Gasteiger partial charge is 0.320 e. The van der Waals surface area contributed by atoms with Gasteiger partial charge < -0.3 is 10.8 Å². The van der Waals surface area contributed by atoms with Crippen molar-refractivity contribution in [2.75, 3.05) is 0 Å². The first-order chi connectivity index (χ1) is 7.56. The first kappa shape index (κ1) is 10.8. The third kappa shape index (κ3) is 2.12. The molecular weight excluding hydrogens is 206 g/mol. The number of hydrogen-bond donors (Lipinski definition) is 2. The van der Waals surface area contributed by atoms with E-state index in [0.717, 1.165) is 16.7 Å². The lowest BCUT2D eigenvalue weighted by Crippen LogP contribution is -2.32. The van der Waals surface area contributed by atoms with Crippen molar-refractivity contribution in [2.45, 2.75) is 25.3 Å². The lowest BCUT2D eigenvalue weighted by atomic mass is 10.0. The van der Waals surface area contributed by atoms with Gasteiger partial charge in [-0.05, 0) is 23.1 Å². The van der Waals surface area contributed by atoms with Gasteiger partial charge in [0.25, 0.3) is 0 Å². The molecule has 2 rings (SSSR count). The van der Waals surface area contributed by atoms with E-state index in [9.17, 15) is 9.59 Å². The van der Waals surface area contributed by atoms with Gasteiger partial charge in [-0.1, -0.05) is 18.2 Å². The van der Waals surface area contributed by atoms with Crippen LogP contribution < -0.4 is 5.73 Å². The molecular formula is C12H13NO3. The second-order valence-corrected chi connectivity index (χ2v) is 4.14. The minimum atomic E-state index is -1.00. The lowest BCUT2D eigenvalue weighted by molar-refractivity contribution is -0.138. The summed E-state index contributed by atoms with van der Waals surface area (Å²) in [6.07, 6.45) is 1.27. The van der Waals surface area contributed by atoms with Gasteiger partial charge in [-0.3, -0.25) is 9.59 Å². The van der Waals surface area contributed by atoms with Gasteiger partial charge in [0.05, 0.1) is 0 Å². The van der Waals surface area contributed by atoms with Gasteiger partial charge in [0.2, 0.25) is 0 Å². The first-order valence-electron chi connectivity index (χ1n) is 5.17. The summed E-state index contributed by atoms with van der Waals surface area (Å²) >= 11 is 0. The number of carboxylic acids is 1. The Labute approximate surface area is 93.1 Å². The zero-order valence-electron chi connectivity index (χ0n) is 8.77. The average Bonchev–Trinajstić information content (AvgIpc) is 2.57. The van der Waals surface area contributed by atoms with E-state index in [4.69, 9.17) is 10.8 Å². The van der Waals surface area contributed by atoms with E-state index in [1.165, 1.54) is 0 Å². The van der Waals surface area contributed by atoms with Gasteiger partial charge in [-0.2, -0.15) is 0 Å². The molecule has 0 aromatic heterocycles. The fourth-order valence-corrected chi connectivity index (χ4v) is 1.97. The van der Waals surface area contributed by atoms with Crippen LogP contribution in [0.3, 0.4) is 0 Å². The predicted molar refractivity (Wildman–Crippen MR) is 58.2 cm³/mol. The maximum atomic E-state index is 11.2. The summed E-state index contributed by atoms with van der Waals surface area (Å²) in [6, 6.07) is 4.75. The standard InChI is InChI=1S/C12H13NO3/c13-11(12(15)16)4-7-1-2-8-5-10(14)6-9(8)3-7/h1-3,11H,4-6,13H2,(H,15,16). The third-order valence-electron chi connectivity index (χ3n) is 2.82. The number of nitrogens with two attached hydrogens (primary N) is 1. The van der Waals surface area contributed by atoms with E-state index in [0.29, 0.717) is 19.3 Å². The molecule has 1 aliphatic rings. The lowest BCUT2D eigenvalue weighted by Gasteiger charge is -2.07. The molecule has 1 aromatic rings. The van der Waals surface area contributed by atoms with Crippen LogP contribution >= 0.6 is 0 Å². The number of carboxylic acid groups (broad SMARTS) is 1. The van der Waals surface area contributed by atoms with Crippen molar-refractivity contribution >= 4 is 11.8 Å². The average molecular weight is 219 g/mol. The second kappa shape index (κ2) is 4.06. The topological polar surface area (TPSA) is 80.4 Å². The number of hydrogen-bond acceptors (Lipinski definition) is 3. The first-order valence-corrected chi connectivity index (χ1v) is 5.17.